The maximum Gasteiger partial charge on any atom is 0.227 e. The zero-order valence-corrected chi connectivity index (χ0v) is 16.4. The number of anilines is 2. The van der Waals surface area contributed by atoms with Crippen molar-refractivity contribution in [1.29, 1.82) is 0 Å². The number of fused-ring (bicyclic) bond motifs is 1. The van der Waals surface area contributed by atoms with Crippen LogP contribution in [-0.4, -0.2) is 52.9 Å². The predicted molar refractivity (Wildman–Crippen MR) is 106 cm³/mol. The fourth-order valence-electron chi connectivity index (χ4n) is 2.61. The summed E-state index contributed by atoms with van der Waals surface area (Å²) in [7, 11) is 1.71. The first-order valence-electron chi connectivity index (χ1n) is 8.69. The molecule has 0 unspecified atom stereocenters. The second-order valence-electron chi connectivity index (χ2n) is 6.74. The fraction of sp³-hybridized carbons (Fsp3) is 0.412. The highest BCUT2D eigenvalue weighted by atomic mass is 35.5. The van der Waals surface area contributed by atoms with Gasteiger partial charge in [0.05, 0.1) is 17.7 Å². The molecule has 0 aliphatic rings. The highest BCUT2D eigenvalue weighted by molar-refractivity contribution is 6.32. The molecule has 0 amide bonds. The maximum atomic E-state index is 10.0. The normalized spacial score (nSPS) is 12.5. The van der Waals surface area contributed by atoms with Crippen LogP contribution in [0.2, 0.25) is 5.02 Å². The van der Waals surface area contributed by atoms with Crippen molar-refractivity contribution < 1.29 is 15.3 Å². The van der Waals surface area contributed by atoms with Crippen molar-refractivity contribution in [2.24, 2.45) is 13.0 Å². The summed E-state index contributed by atoms with van der Waals surface area (Å²) >= 11 is 5.79. The highest BCUT2D eigenvalue weighted by Gasteiger charge is 2.18. The number of phenols is 2. The van der Waals surface area contributed by atoms with Crippen LogP contribution in [0.25, 0.3) is 11.2 Å². The SMILES string of the molecule is CC(C)[C@H](CO)Nc1nc(NCc2cc(O)c(Cl)cc2O)c2nnn(C)c2n1. The summed E-state index contributed by atoms with van der Waals surface area (Å²) in [6.07, 6.45) is 0. The molecule has 0 saturated carbocycles. The van der Waals surface area contributed by atoms with Crippen LogP contribution in [0.5, 0.6) is 11.5 Å². The number of phenolic OH excluding ortho intramolecular Hbond substituents is 2. The van der Waals surface area contributed by atoms with Gasteiger partial charge in [0.2, 0.25) is 5.95 Å². The van der Waals surface area contributed by atoms with Crippen LogP contribution >= 0.6 is 11.6 Å². The third-order valence-corrected chi connectivity index (χ3v) is 4.66. The van der Waals surface area contributed by atoms with Crippen molar-refractivity contribution >= 4 is 34.5 Å². The Hall–Kier alpha value is -2.85. The quantitative estimate of drug-likeness (QED) is 0.371. The van der Waals surface area contributed by atoms with Gasteiger partial charge in [-0.25, -0.2) is 4.68 Å². The van der Waals surface area contributed by atoms with Crippen molar-refractivity contribution in [3.63, 3.8) is 0 Å². The smallest absolute Gasteiger partial charge is 0.227 e. The molecular weight excluding hydrogens is 386 g/mol. The Morgan fingerprint density at radius 2 is 1.93 bits per heavy atom. The molecule has 28 heavy (non-hydrogen) atoms. The number of rotatable bonds is 7. The third kappa shape index (κ3) is 4.02. The van der Waals surface area contributed by atoms with E-state index >= 15 is 0 Å². The number of aliphatic hydroxyl groups excluding tert-OH is 1. The van der Waals surface area contributed by atoms with Crippen LogP contribution in [0, 0.1) is 5.92 Å². The molecule has 11 heteroatoms. The minimum atomic E-state index is -0.219. The summed E-state index contributed by atoms with van der Waals surface area (Å²) in [5, 5.41) is 43.7. The molecule has 0 bridgehead atoms. The molecule has 0 spiro atoms. The first kappa shape index (κ1) is 19.9. The van der Waals surface area contributed by atoms with E-state index in [4.69, 9.17) is 11.6 Å². The molecule has 2 heterocycles. The summed E-state index contributed by atoms with van der Waals surface area (Å²) in [5.41, 5.74) is 1.39. The topological polar surface area (TPSA) is 141 Å². The van der Waals surface area contributed by atoms with Crippen molar-refractivity contribution in [3.05, 3.63) is 22.7 Å². The van der Waals surface area contributed by atoms with E-state index in [0.29, 0.717) is 28.5 Å². The zero-order chi connectivity index (χ0) is 20.4. The van der Waals surface area contributed by atoms with Gasteiger partial charge in [-0.2, -0.15) is 9.97 Å². The van der Waals surface area contributed by atoms with E-state index in [2.05, 4.69) is 30.9 Å². The number of nitrogens with zero attached hydrogens (tertiary/aromatic N) is 5. The minimum Gasteiger partial charge on any atom is -0.508 e. The number of benzene rings is 1. The largest absolute Gasteiger partial charge is 0.508 e. The predicted octanol–water partition coefficient (Wildman–Crippen LogP) is 1.86. The van der Waals surface area contributed by atoms with Gasteiger partial charge >= 0.3 is 0 Å². The molecule has 2 aromatic heterocycles. The summed E-state index contributed by atoms with van der Waals surface area (Å²) in [6, 6.07) is 2.43. The number of nitrogens with one attached hydrogen (secondary N) is 2. The second kappa shape index (κ2) is 8.03. The first-order chi connectivity index (χ1) is 13.3. The number of aryl methyl sites for hydroxylation is 1. The molecule has 150 valence electrons. The van der Waals surface area contributed by atoms with Gasteiger partial charge in [-0.3, -0.25) is 0 Å². The zero-order valence-electron chi connectivity index (χ0n) is 15.7. The summed E-state index contributed by atoms with van der Waals surface area (Å²) in [5.74, 6) is 0.692. The number of aromatic hydroxyl groups is 2. The van der Waals surface area contributed by atoms with Gasteiger partial charge < -0.3 is 26.0 Å². The lowest BCUT2D eigenvalue weighted by Gasteiger charge is -2.20. The van der Waals surface area contributed by atoms with Crippen molar-refractivity contribution in [2.45, 2.75) is 26.4 Å². The van der Waals surface area contributed by atoms with Gasteiger partial charge in [0.15, 0.2) is 17.0 Å². The van der Waals surface area contributed by atoms with Gasteiger partial charge in [-0.1, -0.05) is 30.7 Å². The van der Waals surface area contributed by atoms with Crippen LogP contribution < -0.4 is 10.6 Å². The first-order valence-corrected chi connectivity index (χ1v) is 9.07. The van der Waals surface area contributed by atoms with Gasteiger partial charge in [0, 0.05) is 25.2 Å². The average molecular weight is 408 g/mol. The lowest BCUT2D eigenvalue weighted by atomic mass is 10.1. The van der Waals surface area contributed by atoms with Gasteiger partial charge in [0.25, 0.3) is 0 Å². The number of halogens is 1. The minimum absolute atomic E-state index is 0.0572. The van der Waals surface area contributed by atoms with Crippen LogP contribution in [-0.2, 0) is 13.6 Å². The van der Waals surface area contributed by atoms with Gasteiger partial charge in [-0.05, 0) is 12.0 Å². The number of hydrogen-bond acceptors (Lipinski definition) is 9. The number of hydrogen-bond donors (Lipinski definition) is 5. The molecule has 3 aromatic rings. The molecule has 1 aromatic carbocycles. The Bertz CT molecular complexity index is 993. The van der Waals surface area contributed by atoms with E-state index in [9.17, 15) is 15.3 Å². The second-order valence-corrected chi connectivity index (χ2v) is 7.15. The van der Waals surface area contributed by atoms with Crippen molar-refractivity contribution in [3.8, 4) is 11.5 Å². The van der Waals surface area contributed by atoms with E-state index in [1.165, 1.54) is 16.8 Å². The van der Waals surface area contributed by atoms with E-state index in [0.717, 1.165) is 0 Å². The third-order valence-electron chi connectivity index (χ3n) is 4.36. The van der Waals surface area contributed by atoms with Gasteiger partial charge in [0.1, 0.15) is 11.5 Å². The van der Waals surface area contributed by atoms with E-state index in [1.54, 1.807) is 7.05 Å². The number of aromatic nitrogens is 5. The Kier molecular flexibility index (Phi) is 5.71. The van der Waals surface area contributed by atoms with Gasteiger partial charge in [-0.15, -0.1) is 5.10 Å². The highest BCUT2D eigenvalue weighted by Crippen LogP contribution is 2.31. The van der Waals surface area contributed by atoms with Crippen LogP contribution in [0.3, 0.4) is 0 Å². The summed E-state index contributed by atoms with van der Waals surface area (Å²) in [6.45, 7) is 4.05. The molecule has 0 fully saturated rings. The summed E-state index contributed by atoms with van der Waals surface area (Å²) < 4.78 is 1.52. The molecule has 0 aliphatic heterocycles. The Morgan fingerprint density at radius 3 is 2.61 bits per heavy atom. The lowest BCUT2D eigenvalue weighted by Crippen LogP contribution is -2.30. The maximum absolute atomic E-state index is 10.0. The molecule has 10 nitrogen and oxygen atoms in total. The molecule has 5 N–H and O–H groups in total. The number of aliphatic hydroxyl groups is 1. The van der Waals surface area contributed by atoms with E-state index < -0.39 is 0 Å². The molecule has 3 rings (SSSR count). The Morgan fingerprint density at radius 1 is 1.18 bits per heavy atom. The molecule has 0 aliphatic carbocycles. The average Bonchev–Trinajstić information content (AvgIpc) is 3.02. The van der Waals surface area contributed by atoms with Crippen LogP contribution in [0.1, 0.15) is 19.4 Å². The monoisotopic (exact) mass is 407 g/mol. The van der Waals surface area contributed by atoms with E-state index in [-0.39, 0.29) is 41.6 Å². The standard InChI is InChI=1S/C17H22ClN7O3/c1-8(2)11(7-26)20-17-21-15(14-16(22-17)25(3)24-23-14)19-6-9-4-13(28)10(18)5-12(9)27/h4-5,8,11,26-28H,6-7H2,1-3H3,(H2,19,20,21,22)/t11-/m0/s1. The lowest BCUT2D eigenvalue weighted by molar-refractivity contribution is 0.248. The summed E-state index contributed by atoms with van der Waals surface area (Å²) in [4.78, 5) is 8.86. The van der Waals surface area contributed by atoms with Crippen molar-refractivity contribution in [1.82, 2.24) is 25.0 Å². The Balaban J connectivity index is 1.92. The molecule has 1 atom stereocenters. The molecular formula is C17H22ClN7O3. The fourth-order valence-corrected chi connectivity index (χ4v) is 2.76. The van der Waals surface area contributed by atoms with Crippen molar-refractivity contribution in [2.75, 3.05) is 17.2 Å². The van der Waals surface area contributed by atoms with E-state index in [1.807, 2.05) is 13.8 Å². The Labute approximate surface area is 166 Å². The van der Waals surface area contributed by atoms with Crippen LogP contribution in [0.4, 0.5) is 11.8 Å². The molecule has 0 saturated heterocycles. The van der Waals surface area contributed by atoms with Crippen LogP contribution in [0.15, 0.2) is 12.1 Å². The molecule has 0 radical (unpaired) electrons.